The summed E-state index contributed by atoms with van der Waals surface area (Å²) in [7, 11) is 1.54. The maximum Gasteiger partial charge on any atom is 0.131 e. The Bertz CT molecular complexity index is 786. The van der Waals surface area contributed by atoms with Crippen molar-refractivity contribution in [1.29, 1.82) is 0 Å². The number of benzene rings is 2. The fourth-order valence-electron chi connectivity index (χ4n) is 4.00. The van der Waals surface area contributed by atoms with Crippen molar-refractivity contribution >= 4 is 11.6 Å². The number of halogens is 3. The van der Waals surface area contributed by atoms with Crippen molar-refractivity contribution in [3.05, 3.63) is 53.1 Å². The molecule has 4 heteroatoms. The van der Waals surface area contributed by atoms with Crippen LogP contribution in [0.15, 0.2) is 30.3 Å². The Morgan fingerprint density at radius 2 is 1.88 bits per heavy atom. The van der Waals surface area contributed by atoms with E-state index >= 15 is 0 Å². The van der Waals surface area contributed by atoms with Gasteiger partial charge < -0.3 is 4.74 Å². The van der Waals surface area contributed by atoms with Crippen LogP contribution in [0.2, 0.25) is 0 Å². The quantitative estimate of drug-likeness (QED) is 0.550. The molecule has 0 saturated heterocycles. The van der Waals surface area contributed by atoms with Gasteiger partial charge in [0.1, 0.15) is 17.4 Å². The van der Waals surface area contributed by atoms with Crippen LogP contribution in [0.4, 0.5) is 8.78 Å². The number of alkyl halides is 1. The van der Waals surface area contributed by atoms with Gasteiger partial charge in [-0.2, -0.15) is 0 Å². The van der Waals surface area contributed by atoms with Crippen molar-refractivity contribution < 1.29 is 13.5 Å². The Labute approximate surface area is 153 Å². The second kappa shape index (κ2) is 6.95. The summed E-state index contributed by atoms with van der Waals surface area (Å²) in [6.45, 7) is 4.44. The second-order valence-corrected chi connectivity index (χ2v) is 7.71. The van der Waals surface area contributed by atoms with E-state index in [4.69, 9.17) is 16.3 Å². The van der Waals surface area contributed by atoms with E-state index in [-0.39, 0.29) is 23.0 Å². The lowest BCUT2D eigenvalue weighted by Gasteiger charge is -2.30. The highest BCUT2D eigenvalue weighted by Crippen LogP contribution is 2.51. The minimum Gasteiger partial charge on any atom is -0.497 e. The summed E-state index contributed by atoms with van der Waals surface area (Å²) in [6.07, 6.45) is 3.23. The van der Waals surface area contributed by atoms with E-state index in [1.165, 1.54) is 19.2 Å². The van der Waals surface area contributed by atoms with Crippen LogP contribution in [0.3, 0.4) is 0 Å². The van der Waals surface area contributed by atoms with Gasteiger partial charge in [0.25, 0.3) is 0 Å². The van der Waals surface area contributed by atoms with Gasteiger partial charge in [0.15, 0.2) is 0 Å². The lowest BCUT2D eigenvalue weighted by atomic mass is 9.75. The molecule has 0 heterocycles. The Kier molecular flexibility index (Phi) is 5.06. The summed E-state index contributed by atoms with van der Waals surface area (Å²) < 4.78 is 34.3. The number of hydrogen-bond donors (Lipinski definition) is 0. The minimum atomic E-state index is -0.397. The van der Waals surface area contributed by atoms with E-state index in [1.54, 1.807) is 12.1 Å². The third kappa shape index (κ3) is 3.39. The maximum atomic E-state index is 14.6. The molecular formula is C21H23ClF2O. The van der Waals surface area contributed by atoms with Crippen LogP contribution in [-0.4, -0.2) is 7.11 Å². The molecule has 2 aromatic carbocycles. The molecule has 2 aromatic rings. The van der Waals surface area contributed by atoms with Gasteiger partial charge in [-0.3, -0.25) is 0 Å². The van der Waals surface area contributed by atoms with Crippen LogP contribution in [0, 0.1) is 17.0 Å². The molecule has 1 aliphatic carbocycles. The predicted molar refractivity (Wildman–Crippen MR) is 98.3 cm³/mol. The van der Waals surface area contributed by atoms with E-state index in [0.717, 1.165) is 24.8 Å². The van der Waals surface area contributed by atoms with Gasteiger partial charge in [0.05, 0.1) is 13.0 Å². The highest BCUT2D eigenvalue weighted by molar-refractivity contribution is 6.17. The minimum absolute atomic E-state index is 0.0888. The third-order valence-corrected chi connectivity index (χ3v) is 5.75. The summed E-state index contributed by atoms with van der Waals surface area (Å²) in [5.74, 6) is 0.125. The van der Waals surface area contributed by atoms with E-state index < -0.39 is 5.82 Å². The molecule has 1 saturated carbocycles. The largest absolute Gasteiger partial charge is 0.497 e. The molecule has 1 aliphatic rings. The summed E-state index contributed by atoms with van der Waals surface area (Å²) in [5, 5.41) is 0. The second-order valence-electron chi connectivity index (χ2n) is 7.44. The first-order valence-corrected chi connectivity index (χ1v) is 9.13. The fraction of sp³-hybridized carbons (Fsp3) is 0.429. The first kappa shape index (κ1) is 18.2. The van der Waals surface area contributed by atoms with Crippen LogP contribution in [0.1, 0.15) is 50.2 Å². The molecule has 0 bridgehead atoms. The first-order valence-electron chi connectivity index (χ1n) is 8.59. The Morgan fingerprint density at radius 1 is 1.12 bits per heavy atom. The number of ether oxygens (including phenoxy) is 1. The maximum absolute atomic E-state index is 14.6. The highest BCUT2D eigenvalue weighted by Gasteiger charge is 2.37. The van der Waals surface area contributed by atoms with Gasteiger partial charge in [-0.1, -0.05) is 26.3 Å². The Hall–Kier alpha value is -1.61. The third-order valence-electron chi connectivity index (χ3n) is 5.46. The summed E-state index contributed by atoms with van der Waals surface area (Å²) >= 11 is 5.93. The zero-order valence-electron chi connectivity index (χ0n) is 14.8. The summed E-state index contributed by atoms with van der Waals surface area (Å²) in [4.78, 5) is 0. The van der Waals surface area contributed by atoms with Crippen molar-refractivity contribution in [2.75, 3.05) is 7.11 Å². The SMILES string of the molecule is COc1ccc(F)c(-c2cc(F)c(CCl)cc2[C@@H]2CCCC2(C)C)c1. The van der Waals surface area contributed by atoms with Crippen molar-refractivity contribution in [1.82, 2.24) is 0 Å². The van der Waals surface area contributed by atoms with Crippen molar-refractivity contribution in [3.8, 4) is 16.9 Å². The molecule has 0 radical (unpaired) electrons. The number of hydrogen-bond acceptors (Lipinski definition) is 1. The lowest BCUT2D eigenvalue weighted by Crippen LogP contribution is -2.17. The van der Waals surface area contributed by atoms with Gasteiger partial charge in [-0.25, -0.2) is 8.78 Å². The highest BCUT2D eigenvalue weighted by atomic mass is 35.5. The first-order chi connectivity index (χ1) is 11.9. The molecule has 1 nitrogen and oxygen atoms in total. The molecule has 134 valence electrons. The van der Waals surface area contributed by atoms with Gasteiger partial charge in [-0.15, -0.1) is 11.6 Å². The predicted octanol–water partition coefficient (Wildman–Crippen LogP) is 6.67. The van der Waals surface area contributed by atoms with Crippen LogP contribution >= 0.6 is 11.6 Å². The molecule has 25 heavy (non-hydrogen) atoms. The molecule has 0 aliphatic heterocycles. The molecule has 1 atom stereocenters. The average molecular weight is 365 g/mol. The fourth-order valence-corrected chi connectivity index (χ4v) is 4.21. The van der Waals surface area contributed by atoms with Crippen molar-refractivity contribution in [2.45, 2.75) is 44.9 Å². The zero-order chi connectivity index (χ0) is 18.2. The van der Waals surface area contributed by atoms with E-state index in [1.807, 2.05) is 6.07 Å². The standard InChI is InChI=1S/C21H23ClF2O/c1-21(2)8-4-5-18(21)16-9-13(12-22)20(24)11-15(16)17-10-14(25-3)6-7-19(17)23/h6-7,9-11,18H,4-5,8,12H2,1-3H3/t18-/m0/s1. The van der Waals surface area contributed by atoms with E-state index in [2.05, 4.69) is 13.8 Å². The Morgan fingerprint density at radius 3 is 2.48 bits per heavy atom. The molecule has 0 unspecified atom stereocenters. The van der Waals surface area contributed by atoms with Gasteiger partial charge >= 0.3 is 0 Å². The van der Waals surface area contributed by atoms with Crippen LogP contribution in [0.5, 0.6) is 5.75 Å². The van der Waals surface area contributed by atoms with Gasteiger partial charge in [-0.05, 0) is 59.6 Å². The number of methoxy groups -OCH3 is 1. The zero-order valence-corrected chi connectivity index (χ0v) is 15.6. The molecule has 0 amide bonds. The normalized spacial score (nSPS) is 19.2. The lowest BCUT2D eigenvalue weighted by molar-refractivity contribution is 0.332. The number of rotatable bonds is 4. The van der Waals surface area contributed by atoms with Crippen LogP contribution < -0.4 is 4.74 Å². The van der Waals surface area contributed by atoms with Gasteiger partial charge in [0, 0.05) is 11.1 Å². The molecule has 3 rings (SSSR count). The van der Waals surface area contributed by atoms with E-state index in [9.17, 15) is 8.78 Å². The smallest absolute Gasteiger partial charge is 0.131 e. The van der Waals surface area contributed by atoms with Crippen molar-refractivity contribution in [3.63, 3.8) is 0 Å². The molecular weight excluding hydrogens is 342 g/mol. The summed E-state index contributed by atoms with van der Waals surface area (Å²) in [6, 6.07) is 7.83. The van der Waals surface area contributed by atoms with Crippen LogP contribution in [0.25, 0.3) is 11.1 Å². The Balaban J connectivity index is 2.24. The molecule has 1 fully saturated rings. The van der Waals surface area contributed by atoms with Crippen LogP contribution in [-0.2, 0) is 5.88 Å². The molecule has 0 aromatic heterocycles. The van der Waals surface area contributed by atoms with E-state index in [0.29, 0.717) is 22.4 Å². The average Bonchev–Trinajstić information content (AvgIpc) is 2.94. The molecule has 0 N–H and O–H groups in total. The molecule has 0 spiro atoms. The summed E-state index contributed by atoms with van der Waals surface area (Å²) in [5.41, 5.74) is 2.50. The monoisotopic (exact) mass is 364 g/mol. The van der Waals surface area contributed by atoms with Crippen molar-refractivity contribution in [2.24, 2.45) is 5.41 Å². The van der Waals surface area contributed by atoms with Gasteiger partial charge in [0.2, 0.25) is 0 Å². The topological polar surface area (TPSA) is 9.23 Å².